The van der Waals surface area contributed by atoms with Crippen LogP contribution in [0.5, 0.6) is 0 Å². The van der Waals surface area contributed by atoms with Gasteiger partial charge in [0.05, 0.1) is 23.5 Å². The summed E-state index contributed by atoms with van der Waals surface area (Å²) in [5.74, 6) is -0.157. The van der Waals surface area contributed by atoms with Crippen molar-refractivity contribution in [1.82, 2.24) is 0 Å². The summed E-state index contributed by atoms with van der Waals surface area (Å²) in [5.41, 5.74) is 8.76. The second-order valence-electron chi connectivity index (χ2n) is 4.68. The molecule has 2 aromatic rings. The highest BCUT2D eigenvalue weighted by atomic mass is 127. The van der Waals surface area contributed by atoms with Crippen molar-refractivity contribution in [2.75, 3.05) is 23.8 Å². The van der Waals surface area contributed by atoms with Gasteiger partial charge in [-0.25, -0.2) is 0 Å². The van der Waals surface area contributed by atoms with Crippen LogP contribution in [0.4, 0.5) is 11.4 Å². The SMILES string of the molecule is Cc1cccc(C(=O)N(CCO)c2ccccc2N)c1I. The number of aliphatic hydroxyl groups is 1. The molecule has 21 heavy (non-hydrogen) atoms. The van der Waals surface area contributed by atoms with Crippen molar-refractivity contribution in [2.45, 2.75) is 6.92 Å². The number of amides is 1. The first-order valence-corrected chi connectivity index (χ1v) is 7.66. The Labute approximate surface area is 137 Å². The first-order valence-electron chi connectivity index (χ1n) is 6.58. The van der Waals surface area contributed by atoms with E-state index in [-0.39, 0.29) is 19.1 Å². The fourth-order valence-corrected chi connectivity index (χ4v) is 2.71. The third-order valence-corrected chi connectivity index (χ3v) is 4.65. The van der Waals surface area contributed by atoms with Crippen molar-refractivity contribution >= 4 is 39.9 Å². The molecule has 0 radical (unpaired) electrons. The maximum Gasteiger partial charge on any atom is 0.259 e. The molecule has 0 aliphatic rings. The van der Waals surface area contributed by atoms with E-state index in [0.717, 1.165) is 9.13 Å². The van der Waals surface area contributed by atoms with Crippen molar-refractivity contribution in [3.63, 3.8) is 0 Å². The second kappa shape index (κ2) is 6.91. The van der Waals surface area contributed by atoms with Gasteiger partial charge in [-0.3, -0.25) is 4.79 Å². The number of carbonyl (C=O) groups excluding carboxylic acids is 1. The molecule has 2 aromatic carbocycles. The van der Waals surface area contributed by atoms with Gasteiger partial charge in [0.2, 0.25) is 0 Å². The zero-order chi connectivity index (χ0) is 15.4. The number of aliphatic hydroxyl groups excluding tert-OH is 1. The smallest absolute Gasteiger partial charge is 0.259 e. The molecule has 0 saturated heterocycles. The highest BCUT2D eigenvalue weighted by molar-refractivity contribution is 14.1. The summed E-state index contributed by atoms with van der Waals surface area (Å²) in [6, 6.07) is 12.8. The Morgan fingerprint density at radius 1 is 1.24 bits per heavy atom. The molecule has 3 N–H and O–H groups in total. The molecule has 0 unspecified atom stereocenters. The van der Waals surface area contributed by atoms with E-state index in [4.69, 9.17) is 5.73 Å². The van der Waals surface area contributed by atoms with Gasteiger partial charge >= 0.3 is 0 Å². The Bertz CT molecular complexity index is 658. The fourth-order valence-electron chi connectivity index (χ4n) is 2.12. The van der Waals surface area contributed by atoms with E-state index in [1.165, 1.54) is 4.90 Å². The Morgan fingerprint density at radius 2 is 1.95 bits per heavy atom. The molecule has 0 aliphatic heterocycles. The van der Waals surface area contributed by atoms with Gasteiger partial charge in [0.1, 0.15) is 0 Å². The third-order valence-electron chi connectivity index (χ3n) is 3.22. The van der Waals surface area contributed by atoms with Crippen molar-refractivity contribution in [2.24, 2.45) is 0 Å². The van der Waals surface area contributed by atoms with Crippen molar-refractivity contribution in [3.8, 4) is 0 Å². The van der Waals surface area contributed by atoms with Gasteiger partial charge in [-0.2, -0.15) is 0 Å². The van der Waals surface area contributed by atoms with Crippen LogP contribution >= 0.6 is 22.6 Å². The lowest BCUT2D eigenvalue weighted by Gasteiger charge is -2.24. The van der Waals surface area contributed by atoms with Crippen LogP contribution in [-0.4, -0.2) is 24.2 Å². The number of hydrogen-bond donors (Lipinski definition) is 2. The number of aryl methyl sites for hydroxylation is 1. The fraction of sp³-hybridized carbons (Fsp3) is 0.188. The number of nitrogens with zero attached hydrogens (tertiary/aromatic N) is 1. The Kier molecular flexibility index (Phi) is 5.19. The Morgan fingerprint density at radius 3 is 2.62 bits per heavy atom. The van der Waals surface area contributed by atoms with Gasteiger partial charge in [-0.1, -0.05) is 24.3 Å². The minimum Gasteiger partial charge on any atom is -0.397 e. The van der Waals surface area contributed by atoms with Gasteiger partial charge in [0, 0.05) is 10.1 Å². The van der Waals surface area contributed by atoms with Gasteiger partial charge in [-0.05, 0) is 53.3 Å². The predicted octanol–water partition coefficient (Wildman–Crippen LogP) is 2.82. The lowest BCUT2D eigenvalue weighted by atomic mass is 10.1. The number of benzene rings is 2. The minimum atomic E-state index is -0.157. The number of anilines is 2. The molecule has 0 spiro atoms. The van der Waals surface area contributed by atoms with Crippen molar-refractivity contribution in [1.29, 1.82) is 0 Å². The monoisotopic (exact) mass is 396 g/mol. The first kappa shape index (κ1) is 15.8. The minimum absolute atomic E-state index is 0.123. The van der Waals surface area contributed by atoms with E-state index in [0.29, 0.717) is 16.9 Å². The van der Waals surface area contributed by atoms with E-state index in [1.54, 1.807) is 18.2 Å². The molecule has 0 heterocycles. The number of halogens is 1. The molecule has 1 amide bonds. The van der Waals surface area contributed by atoms with Gasteiger partial charge in [-0.15, -0.1) is 0 Å². The molecule has 0 atom stereocenters. The zero-order valence-corrected chi connectivity index (χ0v) is 13.9. The van der Waals surface area contributed by atoms with Crippen LogP contribution in [0.1, 0.15) is 15.9 Å². The number of para-hydroxylation sites is 2. The summed E-state index contributed by atoms with van der Waals surface area (Å²) < 4.78 is 0.914. The van der Waals surface area contributed by atoms with E-state index >= 15 is 0 Å². The second-order valence-corrected chi connectivity index (χ2v) is 5.75. The summed E-state index contributed by atoms with van der Waals surface area (Å²) in [6.45, 7) is 2.05. The quantitative estimate of drug-likeness (QED) is 0.617. The van der Waals surface area contributed by atoms with Crippen LogP contribution in [0, 0.1) is 10.5 Å². The van der Waals surface area contributed by atoms with E-state index in [9.17, 15) is 9.90 Å². The molecule has 0 fully saturated rings. The highest BCUT2D eigenvalue weighted by Gasteiger charge is 2.21. The molecule has 5 heteroatoms. The average molecular weight is 396 g/mol. The molecule has 4 nitrogen and oxygen atoms in total. The summed E-state index contributed by atoms with van der Waals surface area (Å²) in [5, 5.41) is 9.27. The van der Waals surface area contributed by atoms with E-state index in [1.807, 2.05) is 31.2 Å². The Balaban J connectivity index is 2.46. The van der Waals surface area contributed by atoms with E-state index < -0.39 is 0 Å². The summed E-state index contributed by atoms with van der Waals surface area (Å²) >= 11 is 2.17. The van der Waals surface area contributed by atoms with Gasteiger partial charge < -0.3 is 15.7 Å². The van der Waals surface area contributed by atoms with Crippen molar-refractivity contribution in [3.05, 3.63) is 57.2 Å². The number of nitrogen functional groups attached to an aromatic ring is 1. The maximum absolute atomic E-state index is 12.8. The molecular formula is C16H17IN2O2. The van der Waals surface area contributed by atoms with Crippen LogP contribution in [0.25, 0.3) is 0 Å². The maximum atomic E-state index is 12.8. The molecule has 0 saturated carbocycles. The van der Waals surface area contributed by atoms with Gasteiger partial charge in [0.15, 0.2) is 0 Å². The summed E-state index contributed by atoms with van der Waals surface area (Å²) in [6.07, 6.45) is 0. The number of nitrogens with two attached hydrogens (primary N) is 1. The number of carbonyl (C=O) groups is 1. The lowest BCUT2D eigenvalue weighted by Crippen LogP contribution is -2.34. The normalized spacial score (nSPS) is 10.4. The molecule has 0 aromatic heterocycles. The first-order chi connectivity index (χ1) is 10.1. The molecule has 110 valence electrons. The standard InChI is InChI=1S/C16H17IN2O2/c1-11-5-4-6-12(15(11)17)16(21)19(9-10-20)14-8-3-2-7-13(14)18/h2-8,20H,9-10,18H2,1H3. The van der Waals surface area contributed by atoms with Crippen LogP contribution in [0.2, 0.25) is 0 Å². The predicted molar refractivity (Wildman–Crippen MR) is 93.5 cm³/mol. The molecule has 0 aliphatic carbocycles. The third kappa shape index (κ3) is 3.36. The summed E-state index contributed by atoms with van der Waals surface area (Å²) in [7, 11) is 0. The number of hydrogen-bond acceptors (Lipinski definition) is 3. The highest BCUT2D eigenvalue weighted by Crippen LogP contribution is 2.26. The topological polar surface area (TPSA) is 66.6 Å². The Hall–Kier alpha value is -1.60. The van der Waals surface area contributed by atoms with Crippen molar-refractivity contribution < 1.29 is 9.90 Å². The van der Waals surface area contributed by atoms with Gasteiger partial charge in [0.25, 0.3) is 5.91 Å². The average Bonchev–Trinajstić information content (AvgIpc) is 2.48. The number of rotatable bonds is 4. The largest absolute Gasteiger partial charge is 0.397 e. The zero-order valence-electron chi connectivity index (χ0n) is 11.7. The van der Waals surface area contributed by atoms with E-state index in [2.05, 4.69) is 22.6 Å². The molecular weight excluding hydrogens is 379 g/mol. The molecule has 2 rings (SSSR count). The molecule has 0 bridgehead atoms. The van der Waals surface area contributed by atoms with Crippen LogP contribution in [0.3, 0.4) is 0 Å². The lowest BCUT2D eigenvalue weighted by molar-refractivity contribution is 0.0980. The summed E-state index contributed by atoms with van der Waals surface area (Å²) in [4.78, 5) is 14.3. The van der Waals surface area contributed by atoms with Crippen LogP contribution in [0.15, 0.2) is 42.5 Å². The van der Waals surface area contributed by atoms with Crippen LogP contribution in [-0.2, 0) is 0 Å². The van der Waals surface area contributed by atoms with Crippen LogP contribution < -0.4 is 10.6 Å².